The average molecular weight is 607 g/mol. The van der Waals surface area contributed by atoms with Gasteiger partial charge in [-0.25, -0.2) is 26.9 Å². The SMILES string of the molecule is C[C@@H](CC(=O)N(Cc1nccn1C)c1ccc2c(c1)[C@H](NS(=O)(=O)c1cccc(F)c1)CCC2(C)C)c1ccc(F)cc1. The number of halogens is 2. The van der Waals surface area contributed by atoms with Crippen molar-refractivity contribution >= 4 is 21.6 Å². The van der Waals surface area contributed by atoms with Crippen molar-refractivity contribution in [2.75, 3.05) is 4.90 Å². The van der Waals surface area contributed by atoms with E-state index in [0.717, 1.165) is 29.2 Å². The molecule has 0 radical (unpaired) electrons. The summed E-state index contributed by atoms with van der Waals surface area (Å²) in [4.78, 5) is 19.9. The molecular weight excluding hydrogens is 570 g/mol. The van der Waals surface area contributed by atoms with E-state index < -0.39 is 21.9 Å². The molecule has 1 aromatic heterocycles. The van der Waals surface area contributed by atoms with Crippen LogP contribution in [-0.2, 0) is 33.8 Å². The molecule has 0 aliphatic heterocycles. The maximum Gasteiger partial charge on any atom is 0.241 e. The molecule has 0 saturated carbocycles. The summed E-state index contributed by atoms with van der Waals surface area (Å²) in [5, 5.41) is 0. The Labute approximate surface area is 251 Å². The minimum absolute atomic E-state index is 0.142. The van der Waals surface area contributed by atoms with E-state index in [4.69, 9.17) is 0 Å². The maximum atomic E-state index is 13.9. The summed E-state index contributed by atoms with van der Waals surface area (Å²) in [6, 6.07) is 16.3. The summed E-state index contributed by atoms with van der Waals surface area (Å²) >= 11 is 0. The summed E-state index contributed by atoms with van der Waals surface area (Å²) in [5.41, 5.74) is 3.01. The first kappa shape index (κ1) is 30.6. The molecule has 0 unspecified atom stereocenters. The van der Waals surface area contributed by atoms with Crippen LogP contribution in [-0.4, -0.2) is 23.9 Å². The second kappa shape index (κ2) is 12.0. The van der Waals surface area contributed by atoms with E-state index in [1.165, 1.54) is 30.3 Å². The van der Waals surface area contributed by atoms with Crippen LogP contribution in [0.2, 0.25) is 0 Å². The van der Waals surface area contributed by atoms with E-state index in [1.807, 2.05) is 42.9 Å². The maximum absolute atomic E-state index is 13.9. The van der Waals surface area contributed by atoms with E-state index in [0.29, 0.717) is 17.9 Å². The number of aromatic nitrogens is 2. The average Bonchev–Trinajstić information content (AvgIpc) is 3.37. The number of sulfonamides is 1. The third-order valence-electron chi connectivity index (χ3n) is 8.35. The van der Waals surface area contributed by atoms with Gasteiger partial charge in [0.1, 0.15) is 17.5 Å². The monoisotopic (exact) mass is 606 g/mol. The molecule has 0 fully saturated rings. The van der Waals surface area contributed by atoms with Gasteiger partial charge in [0.25, 0.3) is 0 Å². The summed E-state index contributed by atoms with van der Waals surface area (Å²) < 4.78 is 58.6. The summed E-state index contributed by atoms with van der Waals surface area (Å²) in [6.45, 7) is 6.37. The smallest absolute Gasteiger partial charge is 0.241 e. The van der Waals surface area contributed by atoms with E-state index in [1.54, 1.807) is 23.2 Å². The minimum atomic E-state index is -4.02. The van der Waals surface area contributed by atoms with Gasteiger partial charge in [-0.15, -0.1) is 0 Å². The number of imidazole rings is 1. The van der Waals surface area contributed by atoms with Gasteiger partial charge < -0.3 is 9.47 Å². The third-order valence-corrected chi connectivity index (χ3v) is 9.82. The Hall–Kier alpha value is -3.89. The molecule has 1 amide bonds. The Morgan fingerprint density at radius 3 is 2.51 bits per heavy atom. The van der Waals surface area contributed by atoms with Crippen molar-refractivity contribution in [3.63, 3.8) is 0 Å². The summed E-state index contributed by atoms with van der Waals surface area (Å²) in [6.07, 6.45) is 4.93. The lowest BCUT2D eigenvalue weighted by atomic mass is 9.71. The third kappa shape index (κ3) is 6.70. The number of nitrogens with zero attached hydrogens (tertiary/aromatic N) is 3. The first-order valence-corrected chi connectivity index (χ1v) is 15.8. The highest BCUT2D eigenvalue weighted by Crippen LogP contribution is 2.43. The standard InChI is InChI=1S/C33H36F2N4O3S/c1-22(23-8-10-24(34)11-9-23)18-32(40)39(21-31-36-16-17-38(31)4)26-12-13-29-28(20-26)30(14-15-33(29,2)3)37-43(41,42)27-7-5-6-25(35)19-27/h5-13,16-17,19-20,22,30,37H,14-15,18,21H2,1-4H3/t22-,30+/m0/s1. The van der Waals surface area contributed by atoms with Gasteiger partial charge in [0.15, 0.2) is 0 Å². The number of hydrogen-bond acceptors (Lipinski definition) is 4. The van der Waals surface area contributed by atoms with Crippen LogP contribution in [0.4, 0.5) is 14.5 Å². The Balaban J connectivity index is 1.51. The van der Waals surface area contributed by atoms with Gasteiger partial charge >= 0.3 is 0 Å². The molecule has 3 aromatic carbocycles. The topological polar surface area (TPSA) is 84.3 Å². The first-order valence-electron chi connectivity index (χ1n) is 14.3. The van der Waals surface area contributed by atoms with E-state index >= 15 is 0 Å². The number of rotatable bonds is 9. The Morgan fingerprint density at radius 2 is 1.84 bits per heavy atom. The first-order chi connectivity index (χ1) is 20.3. The Kier molecular flexibility index (Phi) is 8.54. The second-order valence-corrected chi connectivity index (χ2v) is 13.6. The van der Waals surface area contributed by atoms with E-state index in [2.05, 4.69) is 23.6 Å². The number of carbonyl (C=O) groups is 1. The minimum Gasteiger partial charge on any atom is -0.337 e. The second-order valence-electron chi connectivity index (χ2n) is 11.9. The van der Waals surface area contributed by atoms with Crippen molar-refractivity contribution in [1.82, 2.24) is 14.3 Å². The molecule has 10 heteroatoms. The fourth-order valence-corrected chi connectivity index (χ4v) is 7.01. The van der Waals surface area contributed by atoms with Crippen LogP contribution in [0.15, 0.2) is 84.0 Å². The molecule has 4 aromatic rings. The quantitative estimate of drug-likeness (QED) is 0.235. The molecule has 0 bridgehead atoms. The molecule has 7 nitrogen and oxygen atoms in total. The molecule has 43 heavy (non-hydrogen) atoms. The number of aryl methyl sites for hydroxylation is 1. The van der Waals surface area contributed by atoms with Gasteiger partial charge in [-0.2, -0.15) is 0 Å². The highest BCUT2D eigenvalue weighted by Gasteiger charge is 2.36. The molecule has 1 heterocycles. The van der Waals surface area contributed by atoms with Crippen molar-refractivity contribution in [1.29, 1.82) is 0 Å². The van der Waals surface area contributed by atoms with E-state index in [-0.39, 0.29) is 40.9 Å². The van der Waals surface area contributed by atoms with Crippen molar-refractivity contribution in [3.05, 3.63) is 113 Å². The fraction of sp³-hybridized carbons (Fsp3) is 0.333. The zero-order chi connectivity index (χ0) is 30.9. The van der Waals surface area contributed by atoms with Crippen LogP contribution >= 0.6 is 0 Å². The zero-order valence-corrected chi connectivity index (χ0v) is 25.5. The lowest BCUT2D eigenvalue weighted by molar-refractivity contribution is -0.119. The highest BCUT2D eigenvalue weighted by molar-refractivity contribution is 7.89. The van der Waals surface area contributed by atoms with Crippen LogP contribution in [0.25, 0.3) is 0 Å². The molecule has 1 N–H and O–H groups in total. The number of amides is 1. The lowest BCUT2D eigenvalue weighted by Crippen LogP contribution is -2.37. The van der Waals surface area contributed by atoms with Crippen LogP contribution in [0.5, 0.6) is 0 Å². The molecule has 0 spiro atoms. The predicted molar refractivity (Wildman–Crippen MR) is 162 cm³/mol. The van der Waals surface area contributed by atoms with Crippen molar-refractivity contribution in [2.24, 2.45) is 7.05 Å². The van der Waals surface area contributed by atoms with Gasteiger partial charge in [0.2, 0.25) is 15.9 Å². The lowest BCUT2D eigenvalue weighted by Gasteiger charge is -2.38. The number of fused-ring (bicyclic) bond motifs is 1. The number of benzene rings is 3. The molecular formula is C33H36F2N4O3S. The largest absolute Gasteiger partial charge is 0.337 e. The van der Waals surface area contributed by atoms with Gasteiger partial charge in [0, 0.05) is 37.6 Å². The van der Waals surface area contributed by atoms with Crippen LogP contribution in [0.3, 0.4) is 0 Å². The van der Waals surface area contributed by atoms with E-state index in [9.17, 15) is 22.0 Å². The zero-order valence-electron chi connectivity index (χ0n) is 24.7. The molecule has 5 rings (SSSR count). The summed E-state index contributed by atoms with van der Waals surface area (Å²) in [5.74, 6) is -0.595. The fourth-order valence-electron chi connectivity index (χ4n) is 5.72. The molecule has 1 aliphatic carbocycles. The highest BCUT2D eigenvalue weighted by atomic mass is 32.2. The normalized spacial score (nSPS) is 16.8. The molecule has 0 saturated heterocycles. The molecule has 226 valence electrons. The van der Waals surface area contributed by atoms with Crippen molar-refractivity contribution in [3.8, 4) is 0 Å². The van der Waals surface area contributed by atoms with Gasteiger partial charge in [-0.05, 0) is 83.3 Å². The number of nitrogens with one attached hydrogen (secondary N) is 1. The molecule has 1 aliphatic rings. The Bertz CT molecular complexity index is 1740. The van der Waals surface area contributed by atoms with Gasteiger partial charge in [0.05, 0.1) is 11.4 Å². The van der Waals surface area contributed by atoms with Gasteiger partial charge in [-0.3, -0.25) is 4.79 Å². The van der Waals surface area contributed by atoms with Crippen molar-refractivity contribution in [2.45, 2.75) is 68.8 Å². The number of anilines is 1. The van der Waals surface area contributed by atoms with Crippen molar-refractivity contribution < 1.29 is 22.0 Å². The Morgan fingerprint density at radius 1 is 1.09 bits per heavy atom. The number of carbonyl (C=O) groups excluding carboxylic acids is 1. The molecule has 2 atom stereocenters. The van der Waals surface area contributed by atoms with Crippen LogP contribution in [0, 0.1) is 11.6 Å². The summed E-state index contributed by atoms with van der Waals surface area (Å²) in [7, 11) is -2.16. The van der Waals surface area contributed by atoms with Crippen LogP contribution < -0.4 is 9.62 Å². The number of hydrogen-bond donors (Lipinski definition) is 1. The van der Waals surface area contributed by atoms with Gasteiger partial charge in [-0.1, -0.05) is 45.0 Å². The predicted octanol–water partition coefficient (Wildman–Crippen LogP) is 6.52. The van der Waals surface area contributed by atoms with Crippen LogP contribution in [0.1, 0.15) is 74.5 Å².